The Bertz CT molecular complexity index is 1100. The predicted octanol–water partition coefficient (Wildman–Crippen LogP) is 3.35. The van der Waals surface area contributed by atoms with Crippen LogP contribution in [0.25, 0.3) is 11.3 Å². The largest absolute Gasteiger partial charge is 0.493 e. The van der Waals surface area contributed by atoms with Crippen molar-refractivity contribution < 1.29 is 14.3 Å². The number of carbonyl (C=O) groups excluding carboxylic acids is 1. The maximum Gasteiger partial charge on any atom is 0.289 e. The van der Waals surface area contributed by atoms with Crippen LogP contribution in [0.5, 0.6) is 11.5 Å². The Kier molecular flexibility index (Phi) is 5.03. The second-order valence-electron chi connectivity index (χ2n) is 6.79. The highest BCUT2D eigenvalue weighted by Gasteiger charge is 2.24. The van der Waals surface area contributed by atoms with Gasteiger partial charge in [-0.15, -0.1) is 0 Å². The second-order valence-corrected chi connectivity index (χ2v) is 6.79. The highest BCUT2D eigenvalue weighted by atomic mass is 16.5. The Balaban J connectivity index is 1.55. The number of H-pyrrole nitrogens is 1. The average molecular weight is 390 g/mol. The normalized spacial score (nSPS) is 12.7. The summed E-state index contributed by atoms with van der Waals surface area (Å²) in [5.41, 5.74) is 8.66. The van der Waals surface area contributed by atoms with E-state index in [4.69, 9.17) is 9.47 Å². The van der Waals surface area contributed by atoms with Gasteiger partial charge in [0.05, 0.1) is 25.6 Å². The van der Waals surface area contributed by atoms with Crippen LogP contribution in [0, 0.1) is 0 Å². The summed E-state index contributed by atoms with van der Waals surface area (Å²) >= 11 is 0. The fourth-order valence-corrected chi connectivity index (χ4v) is 3.56. The first-order valence-corrected chi connectivity index (χ1v) is 9.35. The molecule has 1 aliphatic rings. The maximum absolute atomic E-state index is 12.7. The zero-order chi connectivity index (χ0) is 20.4. The molecule has 1 heterocycles. The molecule has 0 aliphatic heterocycles. The lowest BCUT2D eigenvalue weighted by atomic mass is 9.89. The van der Waals surface area contributed by atoms with Crippen LogP contribution in [0.1, 0.15) is 34.1 Å². The van der Waals surface area contributed by atoms with Crippen LogP contribution in [-0.4, -0.2) is 36.0 Å². The minimum atomic E-state index is -0.307. The van der Waals surface area contributed by atoms with E-state index in [1.54, 1.807) is 20.3 Å². The fourth-order valence-electron chi connectivity index (χ4n) is 3.56. The smallest absolute Gasteiger partial charge is 0.289 e. The molecule has 0 radical (unpaired) electrons. The summed E-state index contributed by atoms with van der Waals surface area (Å²) in [7, 11) is 3.16. The van der Waals surface area contributed by atoms with Gasteiger partial charge >= 0.3 is 0 Å². The van der Waals surface area contributed by atoms with Crippen molar-refractivity contribution in [2.45, 2.75) is 19.8 Å². The molecule has 0 saturated carbocycles. The van der Waals surface area contributed by atoms with Crippen molar-refractivity contribution in [1.82, 2.24) is 15.6 Å². The Labute approximate surface area is 168 Å². The van der Waals surface area contributed by atoms with Crippen molar-refractivity contribution in [2.75, 3.05) is 14.2 Å². The number of ether oxygens (including phenoxy) is 2. The monoisotopic (exact) mass is 390 g/mol. The van der Waals surface area contributed by atoms with E-state index in [1.807, 2.05) is 37.3 Å². The summed E-state index contributed by atoms with van der Waals surface area (Å²) < 4.78 is 10.6. The number of hydrogen-bond acceptors (Lipinski definition) is 5. The van der Waals surface area contributed by atoms with Gasteiger partial charge in [-0.1, -0.05) is 24.3 Å². The lowest BCUT2D eigenvalue weighted by molar-refractivity contribution is 0.0949. The molecule has 3 aromatic rings. The second kappa shape index (κ2) is 7.79. The molecular weight excluding hydrogens is 368 g/mol. The minimum absolute atomic E-state index is 0.307. The number of methoxy groups -OCH3 is 2. The zero-order valence-corrected chi connectivity index (χ0v) is 16.6. The topological polar surface area (TPSA) is 88.6 Å². The fraction of sp³-hybridized carbons (Fsp3) is 0.227. The summed E-state index contributed by atoms with van der Waals surface area (Å²) in [6.07, 6.45) is 1.65. The summed E-state index contributed by atoms with van der Waals surface area (Å²) in [6.45, 7) is 1.82. The molecule has 7 heteroatoms. The standard InChI is InChI=1S/C22H22N4O3/c1-13(15-9-11-18(28-2)19(12-15)29-3)23-26-22(27)21-17-10-8-14-6-4-5-7-16(14)20(17)24-25-21/h4-7,9,11-12H,8,10H2,1-3H3,(H,24,25)(H,26,27). The first-order chi connectivity index (χ1) is 14.1. The van der Waals surface area contributed by atoms with Gasteiger partial charge in [0.25, 0.3) is 5.91 Å². The lowest BCUT2D eigenvalue weighted by Crippen LogP contribution is -2.21. The van der Waals surface area contributed by atoms with Gasteiger partial charge < -0.3 is 9.47 Å². The van der Waals surface area contributed by atoms with Crippen molar-refractivity contribution in [3.63, 3.8) is 0 Å². The van der Waals surface area contributed by atoms with Crippen molar-refractivity contribution in [3.05, 3.63) is 64.8 Å². The van der Waals surface area contributed by atoms with Crippen LogP contribution in [0.15, 0.2) is 47.6 Å². The Morgan fingerprint density at radius 3 is 2.69 bits per heavy atom. The molecular formula is C22H22N4O3. The molecule has 0 saturated heterocycles. The van der Waals surface area contributed by atoms with E-state index >= 15 is 0 Å². The van der Waals surface area contributed by atoms with Crippen molar-refractivity contribution in [1.29, 1.82) is 0 Å². The number of hydrogen-bond donors (Lipinski definition) is 2. The summed E-state index contributed by atoms with van der Waals surface area (Å²) in [6, 6.07) is 13.6. The van der Waals surface area contributed by atoms with Gasteiger partial charge in [-0.05, 0) is 43.5 Å². The van der Waals surface area contributed by atoms with E-state index in [0.717, 1.165) is 35.2 Å². The average Bonchev–Trinajstić information content (AvgIpc) is 3.21. The van der Waals surface area contributed by atoms with E-state index in [1.165, 1.54) is 5.56 Å². The third kappa shape index (κ3) is 3.47. The molecule has 0 unspecified atom stereocenters. The Morgan fingerprint density at radius 1 is 1.10 bits per heavy atom. The Morgan fingerprint density at radius 2 is 1.90 bits per heavy atom. The van der Waals surface area contributed by atoms with Crippen LogP contribution >= 0.6 is 0 Å². The molecule has 2 N–H and O–H groups in total. The zero-order valence-electron chi connectivity index (χ0n) is 16.6. The van der Waals surface area contributed by atoms with Gasteiger partial charge in [0.15, 0.2) is 11.5 Å². The van der Waals surface area contributed by atoms with Gasteiger partial charge in [0.1, 0.15) is 5.69 Å². The summed E-state index contributed by atoms with van der Waals surface area (Å²) in [4.78, 5) is 12.7. The minimum Gasteiger partial charge on any atom is -0.493 e. The number of aromatic amines is 1. The number of rotatable bonds is 5. The number of nitrogens with one attached hydrogen (secondary N) is 2. The molecule has 1 aliphatic carbocycles. The molecule has 29 heavy (non-hydrogen) atoms. The summed E-state index contributed by atoms with van der Waals surface area (Å²) in [5.74, 6) is 0.933. The van der Waals surface area contributed by atoms with Gasteiger partial charge in [-0.25, -0.2) is 5.43 Å². The molecule has 148 valence electrons. The molecule has 0 fully saturated rings. The lowest BCUT2D eigenvalue weighted by Gasteiger charge is -2.15. The van der Waals surface area contributed by atoms with Crippen molar-refractivity contribution >= 4 is 11.6 Å². The van der Waals surface area contributed by atoms with Crippen LogP contribution in [0.3, 0.4) is 0 Å². The van der Waals surface area contributed by atoms with Crippen molar-refractivity contribution in [2.24, 2.45) is 5.10 Å². The van der Waals surface area contributed by atoms with Crippen molar-refractivity contribution in [3.8, 4) is 22.8 Å². The third-order valence-electron chi connectivity index (χ3n) is 5.14. The quantitative estimate of drug-likeness (QED) is 0.517. The van der Waals surface area contributed by atoms with Crippen LogP contribution in [0.4, 0.5) is 0 Å². The number of carbonyl (C=O) groups is 1. The van der Waals surface area contributed by atoms with E-state index in [2.05, 4.69) is 26.8 Å². The number of fused-ring (bicyclic) bond motifs is 3. The van der Waals surface area contributed by atoms with Gasteiger partial charge in [-0.2, -0.15) is 10.2 Å². The number of hydrazone groups is 1. The molecule has 2 aromatic carbocycles. The highest BCUT2D eigenvalue weighted by molar-refractivity contribution is 6.01. The van der Waals surface area contributed by atoms with Gasteiger partial charge in [0, 0.05) is 16.7 Å². The van der Waals surface area contributed by atoms with Crippen LogP contribution in [0.2, 0.25) is 0 Å². The van der Waals surface area contributed by atoms with Crippen LogP contribution in [-0.2, 0) is 12.8 Å². The first kappa shape index (κ1) is 18.7. The molecule has 4 rings (SSSR count). The van der Waals surface area contributed by atoms with E-state index in [0.29, 0.717) is 22.9 Å². The molecule has 0 atom stereocenters. The molecule has 1 amide bonds. The van der Waals surface area contributed by atoms with E-state index in [9.17, 15) is 4.79 Å². The number of aromatic nitrogens is 2. The predicted molar refractivity (Wildman–Crippen MR) is 111 cm³/mol. The summed E-state index contributed by atoms with van der Waals surface area (Å²) in [5, 5.41) is 11.5. The highest BCUT2D eigenvalue weighted by Crippen LogP contribution is 2.33. The number of nitrogens with zero attached hydrogens (tertiary/aromatic N) is 2. The number of aryl methyl sites for hydroxylation is 1. The first-order valence-electron chi connectivity index (χ1n) is 9.35. The maximum atomic E-state index is 12.7. The van der Waals surface area contributed by atoms with Crippen LogP contribution < -0.4 is 14.9 Å². The van der Waals surface area contributed by atoms with Gasteiger partial charge in [0.2, 0.25) is 0 Å². The molecule has 7 nitrogen and oxygen atoms in total. The Hall–Kier alpha value is -3.61. The van der Waals surface area contributed by atoms with E-state index in [-0.39, 0.29) is 5.91 Å². The third-order valence-corrected chi connectivity index (χ3v) is 5.14. The number of benzene rings is 2. The van der Waals surface area contributed by atoms with E-state index < -0.39 is 0 Å². The molecule has 0 spiro atoms. The van der Waals surface area contributed by atoms with Gasteiger partial charge in [-0.3, -0.25) is 9.89 Å². The SMILES string of the molecule is COc1ccc(C(C)=NNC(=O)c2[nH]nc3c2CCc2ccccc2-3)cc1OC. The molecule has 0 bridgehead atoms. The number of amides is 1. The molecule has 1 aromatic heterocycles.